The lowest BCUT2D eigenvalue weighted by molar-refractivity contribution is 0.264. The molecule has 0 spiro atoms. The molecule has 84 heavy (non-hydrogen) atoms. The van der Waals surface area contributed by atoms with Crippen LogP contribution < -0.4 is 0 Å². The highest BCUT2D eigenvalue weighted by Gasteiger charge is 2.51. The van der Waals surface area contributed by atoms with E-state index in [2.05, 4.69) is 213 Å². The number of unbranched alkanes of at least 4 members (excludes halogenated alkanes) is 4. The second-order valence-electron chi connectivity index (χ2n) is 27.1. The first-order valence-corrected chi connectivity index (χ1v) is 34.1. The quantitative estimate of drug-likeness (QED) is 0.0474. The first-order chi connectivity index (χ1) is 41.2. The Balaban J connectivity index is 1.08. The zero-order valence-corrected chi connectivity index (χ0v) is 52.5. The SMILES string of the molecule is CCCCC(CC)CC1(CC(CC)CCCC)c2cc(-c3ccc4ccc5cccc6ccc3c4c56)ccc2-c2cc3c(cc21)-c1ccc(-c2cc4cccc5ccc6cccc2c6c54)cc1C3(CC(CC)CCCC)CC(CC)CCCC. The molecule has 0 saturated carbocycles. The standard InChI is InChI=1S/C84H94/c1-9-17-24-55(13-5)51-83(52-56(14-6)25-18-10-2)75-47-64(67-42-38-63-37-35-59-28-21-29-61-39-45-71(67)82(63)79(59)61)40-43-68(75)73-49-78-74(50-77(73)83)69-44-41-65(72-46-66-32-22-30-60-34-36-62-31-23-33-70(72)81(62)80(60)66)48-76(69)84(78,53-57(15-7)26-19-11-3)54-58(16-8)27-20-12-4/h21-23,28-50,55-58H,9-20,24-27,51-54H2,1-8H3. The molecule has 0 heteroatoms. The summed E-state index contributed by atoms with van der Waals surface area (Å²) >= 11 is 0. The third-order valence-electron chi connectivity index (χ3n) is 22.2. The van der Waals surface area contributed by atoms with Gasteiger partial charge in [-0.15, -0.1) is 0 Å². The minimum atomic E-state index is -0.120. The van der Waals surface area contributed by atoms with Gasteiger partial charge in [0.25, 0.3) is 0 Å². The van der Waals surface area contributed by atoms with Crippen molar-refractivity contribution in [2.45, 2.75) is 195 Å². The second kappa shape index (κ2) is 23.8. The Morgan fingerprint density at radius 1 is 0.274 bits per heavy atom. The molecular formula is C84H94. The Bertz CT molecular complexity index is 4070. The number of fused-ring (bicyclic) bond motifs is 6. The predicted octanol–water partition coefficient (Wildman–Crippen LogP) is 25.8. The van der Waals surface area contributed by atoms with E-state index in [0.29, 0.717) is 23.7 Å². The summed E-state index contributed by atoms with van der Waals surface area (Å²) < 4.78 is 0. The summed E-state index contributed by atoms with van der Waals surface area (Å²) in [6.07, 6.45) is 25.1. The molecule has 11 aromatic carbocycles. The van der Waals surface area contributed by atoms with Crippen molar-refractivity contribution in [3.8, 4) is 44.5 Å². The Hall–Kier alpha value is -6.50. The highest BCUT2D eigenvalue weighted by atomic mass is 14.5. The smallest absolute Gasteiger partial charge is 0.0220 e. The fourth-order valence-electron chi connectivity index (χ4n) is 17.6. The Labute approximate surface area is 504 Å². The molecule has 0 amide bonds. The van der Waals surface area contributed by atoms with Crippen molar-refractivity contribution in [3.05, 3.63) is 180 Å². The molecule has 0 saturated heterocycles. The zero-order valence-electron chi connectivity index (χ0n) is 52.5. The molecule has 0 radical (unpaired) electrons. The molecule has 4 unspecified atom stereocenters. The van der Waals surface area contributed by atoms with Crippen molar-refractivity contribution < 1.29 is 0 Å². The monoisotopic (exact) mass is 1100 g/mol. The number of hydrogen-bond donors (Lipinski definition) is 0. The van der Waals surface area contributed by atoms with Crippen molar-refractivity contribution >= 4 is 64.6 Å². The molecule has 0 aliphatic heterocycles. The lowest BCUT2D eigenvalue weighted by atomic mass is 9.63. The van der Waals surface area contributed by atoms with Crippen molar-refractivity contribution in [2.75, 3.05) is 0 Å². The minimum absolute atomic E-state index is 0.117. The summed E-state index contributed by atoms with van der Waals surface area (Å²) in [6, 6.07) is 64.1. The number of benzene rings is 11. The van der Waals surface area contributed by atoms with Crippen LogP contribution in [0.3, 0.4) is 0 Å². The van der Waals surface area contributed by atoms with E-state index in [0.717, 1.165) is 0 Å². The van der Waals surface area contributed by atoms with Gasteiger partial charge in [-0.05, 0) is 211 Å². The second-order valence-corrected chi connectivity index (χ2v) is 27.1. The highest BCUT2D eigenvalue weighted by molar-refractivity contribution is 6.27. The van der Waals surface area contributed by atoms with E-state index in [-0.39, 0.29) is 10.8 Å². The molecule has 0 heterocycles. The Morgan fingerprint density at radius 2 is 0.607 bits per heavy atom. The maximum atomic E-state index is 2.90. The number of rotatable bonds is 26. The van der Waals surface area contributed by atoms with Crippen molar-refractivity contribution in [1.82, 2.24) is 0 Å². The minimum Gasteiger partial charge on any atom is -0.0654 e. The normalized spacial score (nSPS) is 17.9. The number of hydrogen-bond acceptors (Lipinski definition) is 0. The summed E-state index contributed by atoms with van der Waals surface area (Å²) in [7, 11) is 0. The van der Waals surface area contributed by atoms with Gasteiger partial charge in [0.2, 0.25) is 0 Å². The van der Waals surface area contributed by atoms with Gasteiger partial charge < -0.3 is 0 Å². The third-order valence-corrected chi connectivity index (χ3v) is 22.2. The average Bonchev–Trinajstić information content (AvgIpc) is 1.58. The maximum Gasteiger partial charge on any atom is 0.0220 e. The van der Waals surface area contributed by atoms with Crippen LogP contribution >= 0.6 is 0 Å². The fourth-order valence-corrected chi connectivity index (χ4v) is 17.6. The van der Waals surface area contributed by atoms with E-state index < -0.39 is 0 Å². The maximum absolute atomic E-state index is 2.90. The molecule has 13 rings (SSSR count). The van der Waals surface area contributed by atoms with Crippen molar-refractivity contribution in [3.63, 3.8) is 0 Å². The van der Waals surface area contributed by atoms with E-state index >= 15 is 0 Å². The first kappa shape index (κ1) is 56.6. The van der Waals surface area contributed by atoms with Crippen molar-refractivity contribution in [1.29, 1.82) is 0 Å². The Morgan fingerprint density at radius 3 is 1.05 bits per heavy atom. The molecule has 0 nitrogen and oxygen atoms in total. The molecular weight excluding hydrogens is 1010 g/mol. The zero-order chi connectivity index (χ0) is 57.7. The molecule has 2 aliphatic carbocycles. The van der Waals surface area contributed by atoms with Crippen LogP contribution in [0.2, 0.25) is 0 Å². The van der Waals surface area contributed by atoms with Gasteiger partial charge in [-0.1, -0.05) is 286 Å². The Kier molecular flexibility index (Phi) is 16.0. The summed E-state index contributed by atoms with van der Waals surface area (Å²) in [6.45, 7) is 19.7. The van der Waals surface area contributed by atoms with Crippen molar-refractivity contribution in [2.24, 2.45) is 23.7 Å². The lowest BCUT2D eigenvalue weighted by Gasteiger charge is -2.40. The van der Waals surface area contributed by atoms with Gasteiger partial charge in [-0.3, -0.25) is 0 Å². The van der Waals surface area contributed by atoms with Crippen LogP contribution in [0.4, 0.5) is 0 Å². The molecule has 0 fully saturated rings. The summed E-state index contributed by atoms with van der Waals surface area (Å²) in [5.41, 5.74) is 17.9. The lowest BCUT2D eigenvalue weighted by Crippen LogP contribution is -2.32. The van der Waals surface area contributed by atoms with Gasteiger partial charge in [0.15, 0.2) is 0 Å². The van der Waals surface area contributed by atoms with Crippen LogP contribution in [0, 0.1) is 23.7 Å². The van der Waals surface area contributed by atoms with Gasteiger partial charge >= 0.3 is 0 Å². The van der Waals surface area contributed by atoms with E-state index in [4.69, 9.17) is 0 Å². The molecule has 4 atom stereocenters. The molecule has 2 aliphatic rings. The molecule has 11 aromatic rings. The average molecular weight is 1100 g/mol. The van der Waals surface area contributed by atoms with Crippen LogP contribution in [-0.2, 0) is 10.8 Å². The van der Waals surface area contributed by atoms with Gasteiger partial charge in [-0.2, -0.15) is 0 Å². The van der Waals surface area contributed by atoms with E-state index in [1.807, 2.05) is 0 Å². The molecule has 430 valence electrons. The topological polar surface area (TPSA) is 0 Å². The van der Waals surface area contributed by atoms with E-state index in [1.54, 1.807) is 33.4 Å². The van der Waals surface area contributed by atoms with Gasteiger partial charge in [0, 0.05) is 10.8 Å². The molecule has 0 N–H and O–H groups in total. The summed E-state index contributed by atoms with van der Waals surface area (Å²) in [5.74, 6) is 2.57. The van der Waals surface area contributed by atoms with E-state index in [9.17, 15) is 0 Å². The van der Waals surface area contributed by atoms with Gasteiger partial charge in [0.1, 0.15) is 0 Å². The van der Waals surface area contributed by atoms with Crippen LogP contribution in [0.1, 0.15) is 206 Å². The first-order valence-electron chi connectivity index (χ1n) is 34.1. The summed E-state index contributed by atoms with van der Waals surface area (Å²) in [5, 5.41) is 16.4. The third kappa shape index (κ3) is 9.55. The molecule has 0 bridgehead atoms. The fraction of sp³-hybridized carbons (Fsp3) is 0.405. The van der Waals surface area contributed by atoms with Crippen LogP contribution in [-0.4, -0.2) is 0 Å². The van der Waals surface area contributed by atoms with E-state index in [1.165, 1.54) is 226 Å². The van der Waals surface area contributed by atoms with Crippen LogP contribution in [0.5, 0.6) is 0 Å². The van der Waals surface area contributed by atoms with Crippen LogP contribution in [0.25, 0.3) is 109 Å². The summed E-state index contributed by atoms with van der Waals surface area (Å²) in [4.78, 5) is 0. The van der Waals surface area contributed by atoms with Crippen LogP contribution in [0.15, 0.2) is 158 Å². The van der Waals surface area contributed by atoms with Gasteiger partial charge in [-0.25, -0.2) is 0 Å². The molecule has 0 aromatic heterocycles. The predicted molar refractivity (Wildman–Crippen MR) is 369 cm³/mol. The highest BCUT2D eigenvalue weighted by Crippen LogP contribution is 2.64. The largest absolute Gasteiger partial charge is 0.0654 e. The van der Waals surface area contributed by atoms with Gasteiger partial charge in [0.05, 0.1) is 0 Å².